The smallest absolute Gasteiger partial charge is 0.341 e. The molecule has 2 rings (SSSR count). The SMILES string of the molecule is CCOC(=O)c1c(S(=O)(=O)NCC(=O)Nc2ccc(C)cc2C)c(C)n(CC)c1C. The molecule has 0 saturated heterocycles. The Morgan fingerprint density at radius 1 is 1.07 bits per heavy atom. The lowest BCUT2D eigenvalue weighted by molar-refractivity contribution is -0.115. The topological polar surface area (TPSA) is 106 Å². The molecule has 164 valence electrons. The lowest BCUT2D eigenvalue weighted by Crippen LogP contribution is -2.34. The number of esters is 1. The predicted octanol–water partition coefficient (Wildman–Crippen LogP) is 2.84. The maximum atomic E-state index is 13.0. The molecular weight excluding hydrogens is 406 g/mol. The van der Waals surface area contributed by atoms with E-state index in [4.69, 9.17) is 4.74 Å². The van der Waals surface area contributed by atoms with E-state index in [9.17, 15) is 18.0 Å². The van der Waals surface area contributed by atoms with Gasteiger partial charge in [-0.15, -0.1) is 0 Å². The molecule has 1 aromatic heterocycles. The molecule has 9 heteroatoms. The van der Waals surface area contributed by atoms with E-state index in [0.717, 1.165) is 11.1 Å². The number of aryl methyl sites for hydroxylation is 2. The number of amides is 1. The first kappa shape index (κ1) is 23.6. The predicted molar refractivity (Wildman–Crippen MR) is 115 cm³/mol. The Kier molecular flexibility index (Phi) is 7.44. The van der Waals surface area contributed by atoms with Crippen LogP contribution < -0.4 is 10.0 Å². The van der Waals surface area contributed by atoms with E-state index in [-0.39, 0.29) is 17.1 Å². The van der Waals surface area contributed by atoms with Gasteiger partial charge in [-0.2, -0.15) is 0 Å². The molecule has 1 heterocycles. The van der Waals surface area contributed by atoms with E-state index in [1.54, 1.807) is 31.4 Å². The van der Waals surface area contributed by atoms with Crippen LogP contribution in [-0.4, -0.2) is 38.0 Å². The van der Waals surface area contributed by atoms with Gasteiger partial charge in [0, 0.05) is 23.6 Å². The Morgan fingerprint density at radius 3 is 2.30 bits per heavy atom. The van der Waals surface area contributed by atoms with Gasteiger partial charge in [0.15, 0.2) is 0 Å². The van der Waals surface area contributed by atoms with Gasteiger partial charge in [-0.3, -0.25) is 4.79 Å². The van der Waals surface area contributed by atoms with Crippen molar-refractivity contribution in [3.8, 4) is 0 Å². The monoisotopic (exact) mass is 435 g/mol. The standard InChI is InChI=1S/C21H29N3O5S/c1-7-24-15(5)19(21(26)29-8-2)20(16(24)6)30(27,28)22-12-18(25)23-17-10-9-13(3)11-14(17)4/h9-11,22H,7-8,12H2,1-6H3,(H,23,25). The zero-order valence-corrected chi connectivity index (χ0v) is 19.1. The number of benzene rings is 1. The Morgan fingerprint density at radius 2 is 1.73 bits per heavy atom. The number of nitrogens with one attached hydrogen (secondary N) is 2. The fourth-order valence-electron chi connectivity index (χ4n) is 3.48. The largest absolute Gasteiger partial charge is 0.462 e. The minimum absolute atomic E-state index is 0.00140. The van der Waals surface area contributed by atoms with Gasteiger partial charge < -0.3 is 14.6 Å². The van der Waals surface area contributed by atoms with Crippen LogP contribution in [0.3, 0.4) is 0 Å². The zero-order chi connectivity index (χ0) is 22.6. The first-order valence-corrected chi connectivity index (χ1v) is 11.2. The summed E-state index contributed by atoms with van der Waals surface area (Å²) in [7, 11) is -4.13. The van der Waals surface area contributed by atoms with Gasteiger partial charge in [-0.1, -0.05) is 17.7 Å². The lowest BCUT2D eigenvalue weighted by atomic mass is 10.1. The highest BCUT2D eigenvalue weighted by atomic mass is 32.2. The van der Waals surface area contributed by atoms with Crippen molar-refractivity contribution in [2.24, 2.45) is 0 Å². The van der Waals surface area contributed by atoms with Gasteiger partial charge in [-0.05, 0) is 53.2 Å². The minimum Gasteiger partial charge on any atom is -0.462 e. The van der Waals surface area contributed by atoms with Crippen molar-refractivity contribution in [1.82, 2.24) is 9.29 Å². The van der Waals surface area contributed by atoms with E-state index in [1.165, 1.54) is 0 Å². The van der Waals surface area contributed by atoms with Crippen molar-refractivity contribution in [2.45, 2.75) is 53.0 Å². The first-order chi connectivity index (χ1) is 14.0. The van der Waals surface area contributed by atoms with E-state index in [1.807, 2.05) is 32.9 Å². The van der Waals surface area contributed by atoms with Crippen molar-refractivity contribution in [3.05, 3.63) is 46.3 Å². The van der Waals surface area contributed by atoms with E-state index < -0.39 is 28.4 Å². The summed E-state index contributed by atoms with van der Waals surface area (Å²) in [4.78, 5) is 24.6. The molecule has 1 amide bonds. The minimum atomic E-state index is -4.13. The molecule has 8 nitrogen and oxygen atoms in total. The van der Waals surface area contributed by atoms with E-state index in [2.05, 4.69) is 10.0 Å². The molecule has 0 aliphatic rings. The van der Waals surface area contributed by atoms with Crippen molar-refractivity contribution in [1.29, 1.82) is 0 Å². The van der Waals surface area contributed by atoms with Crippen molar-refractivity contribution in [3.63, 3.8) is 0 Å². The van der Waals surface area contributed by atoms with Crippen LogP contribution in [0.25, 0.3) is 0 Å². The molecule has 1 aromatic carbocycles. The molecule has 0 aliphatic carbocycles. The fourth-order valence-corrected chi connectivity index (χ4v) is 4.95. The third-order valence-corrected chi connectivity index (χ3v) is 6.43. The number of anilines is 1. The number of aromatic nitrogens is 1. The van der Waals surface area contributed by atoms with Crippen LogP contribution in [0.4, 0.5) is 5.69 Å². The second kappa shape index (κ2) is 9.44. The second-order valence-electron chi connectivity index (χ2n) is 7.03. The summed E-state index contributed by atoms with van der Waals surface area (Å²) in [5, 5.41) is 2.70. The van der Waals surface area contributed by atoms with E-state index >= 15 is 0 Å². The number of hydrogen-bond donors (Lipinski definition) is 2. The van der Waals surface area contributed by atoms with Crippen LogP contribution in [0, 0.1) is 27.7 Å². The van der Waals surface area contributed by atoms with Crippen LogP contribution in [-0.2, 0) is 26.1 Å². The van der Waals surface area contributed by atoms with Crippen LogP contribution in [0.2, 0.25) is 0 Å². The summed E-state index contributed by atoms with van der Waals surface area (Å²) in [6.45, 7) is 10.8. The highest BCUT2D eigenvalue weighted by Gasteiger charge is 2.32. The molecule has 30 heavy (non-hydrogen) atoms. The molecule has 0 unspecified atom stereocenters. The average Bonchev–Trinajstić information content (AvgIpc) is 2.93. The van der Waals surface area contributed by atoms with Crippen LogP contribution in [0.15, 0.2) is 23.1 Å². The number of sulfonamides is 1. The molecule has 0 atom stereocenters. The quantitative estimate of drug-likeness (QED) is 0.620. The summed E-state index contributed by atoms with van der Waals surface area (Å²) in [6, 6.07) is 5.55. The van der Waals surface area contributed by atoms with Crippen molar-refractivity contribution in [2.75, 3.05) is 18.5 Å². The fraction of sp³-hybridized carbons (Fsp3) is 0.429. The van der Waals surface area contributed by atoms with Crippen LogP contribution in [0.5, 0.6) is 0 Å². The van der Waals surface area contributed by atoms with Crippen LogP contribution in [0.1, 0.15) is 46.7 Å². The van der Waals surface area contributed by atoms with Gasteiger partial charge in [0.1, 0.15) is 10.5 Å². The maximum Gasteiger partial charge on any atom is 0.341 e. The van der Waals surface area contributed by atoms with Gasteiger partial charge in [0.2, 0.25) is 15.9 Å². The molecular formula is C21H29N3O5S. The summed E-state index contributed by atoms with van der Waals surface area (Å²) >= 11 is 0. The van der Waals surface area contributed by atoms with Gasteiger partial charge in [0.25, 0.3) is 0 Å². The number of hydrogen-bond acceptors (Lipinski definition) is 5. The maximum absolute atomic E-state index is 13.0. The second-order valence-corrected chi connectivity index (χ2v) is 8.73. The Hall–Kier alpha value is -2.65. The Bertz CT molecular complexity index is 1070. The number of carbonyl (C=O) groups is 2. The number of nitrogens with zero attached hydrogens (tertiary/aromatic N) is 1. The zero-order valence-electron chi connectivity index (χ0n) is 18.3. The summed E-state index contributed by atoms with van der Waals surface area (Å²) in [5.74, 6) is -1.21. The van der Waals surface area contributed by atoms with Crippen molar-refractivity contribution >= 4 is 27.6 Å². The molecule has 0 spiro atoms. The van der Waals surface area contributed by atoms with Gasteiger partial charge >= 0.3 is 5.97 Å². The number of rotatable bonds is 8. The third-order valence-electron chi connectivity index (χ3n) is 4.87. The molecule has 2 aromatic rings. The van der Waals surface area contributed by atoms with E-state index in [0.29, 0.717) is 23.6 Å². The average molecular weight is 436 g/mol. The Labute approximate surface area is 177 Å². The van der Waals surface area contributed by atoms with Gasteiger partial charge in [0.05, 0.1) is 13.2 Å². The molecule has 0 aliphatic heterocycles. The molecule has 2 N–H and O–H groups in total. The first-order valence-electron chi connectivity index (χ1n) is 9.77. The Balaban J connectivity index is 2.28. The van der Waals surface area contributed by atoms with Crippen LogP contribution >= 0.6 is 0 Å². The number of carbonyl (C=O) groups excluding carboxylic acids is 2. The molecule has 0 fully saturated rings. The molecule has 0 saturated carbocycles. The third kappa shape index (κ3) is 4.91. The highest BCUT2D eigenvalue weighted by molar-refractivity contribution is 7.89. The molecule has 0 radical (unpaired) electrons. The summed E-state index contributed by atoms with van der Waals surface area (Å²) < 4.78 is 35.1. The highest BCUT2D eigenvalue weighted by Crippen LogP contribution is 2.27. The lowest BCUT2D eigenvalue weighted by Gasteiger charge is -2.11. The van der Waals surface area contributed by atoms with Crippen molar-refractivity contribution < 1.29 is 22.7 Å². The molecule has 0 bridgehead atoms. The normalized spacial score (nSPS) is 11.4. The van der Waals surface area contributed by atoms with Gasteiger partial charge in [-0.25, -0.2) is 17.9 Å². The summed E-state index contributed by atoms with van der Waals surface area (Å²) in [6.07, 6.45) is 0. The number of ether oxygens (including phenoxy) is 1. The summed E-state index contributed by atoms with van der Waals surface area (Å²) in [5.41, 5.74) is 3.47.